The lowest BCUT2D eigenvalue weighted by atomic mass is 10.0. The zero-order valence-corrected chi connectivity index (χ0v) is 22.4. The van der Waals surface area contributed by atoms with Gasteiger partial charge in [0.25, 0.3) is 0 Å². The number of halogens is 1. The molecule has 0 amide bonds. The van der Waals surface area contributed by atoms with Gasteiger partial charge in [0, 0.05) is 31.3 Å². The number of nitrogens with zero attached hydrogens (tertiary/aromatic N) is 5. The smallest absolute Gasteiger partial charge is 0.346 e. The van der Waals surface area contributed by atoms with Crippen molar-refractivity contribution in [2.75, 3.05) is 19.7 Å². The Bertz CT molecular complexity index is 1650. The van der Waals surface area contributed by atoms with Gasteiger partial charge in [-0.05, 0) is 42.7 Å². The van der Waals surface area contributed by atoms with Crippen molar-refractivity contribution in [1.29, 1.82) is 5.26 Å². The summed E-state index contributed by atoms with van der Waals surface area (Å²) in [6.07, 6.45) is 4.07. The molecule has 1 atom stereocenters. The maximum Gasteiger partial charge on any atom is 0.346 e. The standard InChI is InChI=1S/C29H26FN5O4S/c30-22-12-18(14-31)4-5-20(22)17-39-27-3-1-2-23(32-27)19-6-9-34(10-7-19)16-26-33-28-24(13-25(40-28)29(36)37)35(26)15-21-8-11-38-21/h1-6,12-13,21H,7-11,15-17H2,(H,36,37). The van der Waals surface area contributed by atoms with Gasteiger partial charge in [-0.3, -0.25) is 4.90 Å². The fraction of sp³-hybridized carbons (Fsp3) is 0.310. The highest BCUT2D eigenvalue weighted by Crippen LogP contribution is 2.30. The summed E-state index contributed by atoms with van der Waals surface area (Å²) in [4.78, 5) is 24.2. The quantitative estimate of drug-likeness (QED) is 0.309. The second kappa shape index (κ2) is 11.2. The number of ether oxygens (including phenoxy) is 2. The van der Waals surface area contributed by atoms with Crippen LogP contribution in [0.4, 0.5) is 4.39 Å². The molecule has 0 saturated carbocycles. The number of benzene rings is 1. The van der Waals surface area contributed by atoms with Crippen LogP contribution < -0.4 is 4.74 Å². The third kappa shape index (κ3) is 5.47. The van der Waals surface area contributed by atoms with Crippen LogP contribution in [0, 0.1) is 17.1 Å². The molecule has 1 unspecified atom stereocenters. The average molecular weight is 560 g/mol. The number of carboxylic acid groups (broad SMARTS) is 1. The number of hydrogen-bond donors (Lipinski definition) is 1. The van der Waals surface area contributed by atoms with E-state index < -0.39 is 11.8 Å². The summed E-state index contributed by atoms with van der Waals surface area (Å²) < 4.78 is 27.7. The van der Waals surface area contributed by atoms with Gasteiger partial charge in [0.05, 0.1) is 42.0 Å². The van der Waals surface area contributed by atoms with Crippen molar-refractivity contribution >= 4 is 33.2 Å². The van der Waals surface area contributed by atoms with Gasteiger partial charge in [-0.25, -0.2) is 19.2 Å². The third-order valence-corrected chi connectivity index (χ3v) is 8.19. The van der Waals surface area contributed by atoms with E-state index in [2.05, 4.69) is 20.5 Å². The Labute approximate surface area is 233 Å². The molecule has 0 bridgehead atoms. The first kappa shape index (κ1) is 26.1. The summed E-state index contributed by atoms with van der Waals surface area (Å²) >= 11 is 1.20. The predicted octanol–water partition coefficient (Wildman–Crippen LogP) is 4.86. The Morgan fingerprint density at radius 3 is 2.85 bits per heavy atom. The first-order valence-corrected chi connectivity index (χ1v) is 13.8. The van der Waals surface area contributed by atoms with Crippen LogP contribution in [-0.2, 0) is 24.4 Å². The van der Waals surface area contributed by atoms with E-state index in [1.165, 1.54) is 17.4 Å². The number of aromatic nitrogens is 3. The summed E-state index contributed by atoms with van der Waals surface area (Å²) in [6, 6.07) is 13.5. The molecule has 4 aromatic rings. The molecule has 2 aliphatic rings. The Morgan fingerprint density at radius 1 is 1.27 bits per heavy atom. The summed E-state index contributed by atoms with van der Waals surface area (Å²) in [5.41, 5.74) is 3.42. The van der Waals surface area contributed by atoms with E-state index in [9.17, 15) is 14.3 Å². The maximum atomic E-state index is 14.2. The molecule has 1 N–H and O–H groups in total. The second-order valence-electron chi connectivity index (χ2n) is 9.81. The SMILES string of the molecule is N#Cc1ccc(COc2cccc(C3=CCN(Cc4nc5sc(C(=O)O)cc5n4CC4CCO4)CC3)n2)c(F)c1. The van der Waals surface area contributed by atoms with Gasteiger partial charge >= 0.3 is 5.97 Å². The molecule has 0 spiro atoms. The van der Waals surface area contributed by atoms with Crippen LogP contribution in [0.3, 0.4) is 0 Å². The minimum atomic E-state index is -0.936. The van der Waals surface area contributed by atoms with Gasteiger partial charge in [0.15, 0.2) is 0 Å². The zero-order valence-electron chi connectivity index (χ0n) is 21.5. The van der Waals surface area contributed by atoms with E-state index in [1.54, 1.807) is 24.3 Å². The van der Waals surface area contributed by atoms with E-state index in [-0.39, 0.29) is 18.3 Å². The molecule has 40 heavy (non-hydrogen) atoms. The van der Waals surface area contributed by atoms with E-state index >= 15 is 0 Å². The number of thiophene rings is 1. The molecular formula is C29H26FN5O4S. The van der Waals surface area contributed by atoms with Crippen molar-refractivity contribution in [3.05, 3.63) is 81.9 Å². The normalized spacial score (nSPS) is 17.3. The molecule has 9 nitrogen and oxygen atoms in total. The molecule has 0 radical (unpaired) electrons. The number of rotatable bonds is 9. The summed E-state index contributed by atoms with van der Waals surface area (Å²) in [6.45, 7) is 3.63. The molecule has 2 aliphatic heterocycles. The number of fused-ring (bicyclic) bond motifs is 1. The highest BCUT2D eigenvalue weighted by Gasteiger charge is 2.25. The van der Waals surface area contributed by atoms with Crippen LogP contribution >= 0.6 is 11.3 Å². The van der Waals surface area contributed by atoms with Crippen LogP contribution in [-0.4, -0.2) is 56.3 Å². The first-order chi connectivity index (χ1) is 19.5. The lowest BCUT2D eigenvalue weighted by molar-refractivity contribution is -0.0591. The number of aromatic carboxylic acids is 1. The van der Waals surface area contributed by atoms with Crippen molar-refractivity contribution in [2.45, 2.75) is 38.6 Å². The Kier molecular flexibility index (Phi) is 7.30. The Balaban J connectivity index is 1.12. The molecular weight excluding hydrogens is 533 g/mol. The molecule has 204 valence electrons. The van der Waals surface area contributed by atoms with E-state index in [0.29, 0.717) is 29.4 Å². The number of imidazole rings is 1. The summed E-state index contributed by atoms with van der Waals surface area (Å²) in [5, 5.41) is 18.3. The average Bonchev–Trinajstić information content (AvgIpc) is 3.49. The minimum Gasteiger partial charge on any atom is -0.477 e. The van der Waals surface area contributed by atoms with Crippen LogP contribution in [0.25, 0.3) is 15.9 Å². The monoisotopic (exact) mass is 559 g/mol. The van der Waals surface area contributed by atoms with Gasteiger partial charge in [-0.15, -0.1) is 11.3 Å². The molecule has 6 rings (SSSR count). The van der Waals surface area contributed by atoms with Gasteiger partial charge in [-0.1, -0.05) is 18.2 Å². The number of nitriles is 1. The molecule has 1 aromatic carbocycles. The predicted molar refractivity (Wildman–Crippen MR) is 146 cm³/mol. The first-order valence-electron chi connectivity index (χ1n) is 13.0. The topological polar surface area (TPSA) is 114 Å². The molecule has 1 fully saturated rings. The van der Waals surface area contributed by atoms with Crippen LogP contribution in [0.5, 0.6) is 5.88 Å². The fourth-order valence-electron chi connectivity index (χ4n) is 4.87. The van der Waals surface area contributed by atoms with Gasteiger partial charge in [0.1, 0.15) is 28.0 Å². The Hall–Kier alpha value is -4.11. The van der Waals surface area contributed by atoms with Crippen LogP contribution in [0.15, 0.2) is 48.5 Å². The van der Waals surface area contributed by atoms with Crippen molar-refractivity contribution in [3.63, 3.8) is 0 Å². The molecule has 5 heterocycles. The fourth-order valence-corrected chi connectivity index (χ4v) is 5.76. The Morgan fingerprint density at radius 2 is 2.15 bits per heavy atom. The number of pyridine rings is 1. The minimum absolute atomic E-state index is 0.0186. The van der Waals surface area contributed by atoms with Crippen molar-refractivity contribution in [2.24, 2.45) is 0 Å². The molecule has 0 aliphatic carbocycles. The van der Waals surface area contributed by atoms with Crippen LogP contribution in [0.2, 0.25) is 0 Å². The zero-order chi connectivity index (χ0) is 27.6. The van der Waals surface area contributed by atoms with Gasteiger partial charge < -0.3 is 19.1 Å². The number of carbonyl (C=O) groups is 1. The van der Waals surface area contributed by atoms with E-state index in [0.717, 1.165) is 60.0 Å². The number of carboxylic acids is 1. The highest BCUT2D eigenvalue weighted by molar-refractivity contribution is 7.20. The van der Waals surface area contributed by atoms with E-state index in [4.69, 9.17) is 19.7 Å². The molecule has 11 heteroatoms. The summed E-state index contributed by atoms with van der Waals surface area (Å²) in [5.74, 6) is -0.0952. The van der Waals surface area contributed by atoms with Crippen molar-refractivity contribution in [1.82, 2.24) is 19.4 Å². The van der Waals surface area contributed by atoms with Crippen molar-refractivity contribution < 1.29 is 23.8 Å². The second-order valence-corrected chi connectivity index (χ2v) is 10.8. The number of hydrogen-bond acceptors (Lipinski definition) is 8. The summed E-state index contributed by atoms with van der Waals surface area (Å²) in [7, 11) is 0. The largest absolute Gasteiger partial charge is 0.477 e. The van der Waals surface area contributed by atoms with E-state index in [1.807, 2.05) is 18.2 Å². The lowest BCUT2D eigenvalue weighted by Crippen LogP contribution is -2.33. The van der Waals surface area contributed by atoms with Crippen molar-refractivity contribution in [3.8, 4) is 11.9 Å². The molecule has 3 aromatic heterocycles. The molecule has 1 saturated heterocycles. The third-order valence-electron chi connectivity index (χ3n) is 7.19. The maximum absolute atomic E-state index is 14.2. The lowest BCUT2D eigenvalue weighted by Gasteiger charge is -2.29. The van der Waals surface area contributed by atoms with Gasteiger partial charge in [-0.2, -0.15) is 5.26 Å². The van der Waals surface area contributed by atoms with Crippen LogP contribution in [0.1, 0.15) is 45.2 Å². The highest BCUT2D eigenvalue weighted by atomic mass is 32.1. The van der Waals surface area contributed by atoms with Gasteiger partial charge in [0.2, 0.25) is 5.88 Å².